The van der Waals surface area contributed by atoms with Gasteiger partial charge in [-0.3, -0.25) is 14.5 Å². The van der Waals surface area contributed by atoms with E-state index in [1.807, 2.05) is 6.92 Å². The number of primary amides is 1. The minimum absolute atomic E-state index is 0.00404. The number of hydrogen-bond acceptors (Lipinski definition) is 4. The van der Waals surface area contributed by atoms with Crippen molar-refractivity contribution in [2.75, 3.05) is 18.4 Å². The number of nitrogens with two attached hydrogens (primary N) is 2. The van der Waals surface area contributed by atoms with E-state index in [-0.39, 0.29) is 23.4 Å². The van der Waals surface area contributed by atoms with Crippen LogP contribution in [0.5, 0.6) is 0 Å². The molecule has 0 saturated carbocycles. The van der Waals surface area contributed by atoms with E-state index < -0.39 is 5.91 Å². The molecule has 2 atom stereocenters. The van der Waals surface area contributed by atoms with Gasteiger partial charge in [-0.05, 0) is 43.0 Å². The van der Waals surface area contributed by atoms with Gasteiger partial charge in [0.2, 0.25) is 11.8 Å². The van der Waals surface area contributed by atoms with Gasteiger partial charge in [0.25, 0.3) is 0 Å². The van der Waals surface area contributed by atoms with Crippen LogP contribution in [0.1, 0.15) is 37.6 Å². The molecule has 6 nitrogen and oxygen atoms in total. The first-order valence-electron chi connectivity index (χ1n) is 7.91. The highest BCUT2D eigenvalue weighted by atomic mass is 16.2. The molecule has 23 heavy (non-hydrogen) atoms. The van der Waals surface area contributed by atoms with E-state index in [2.05, 4.69) is 24.1 Å². The van der Waals surface area contributed by atoms with Gasteiger partial charge in [-0.25, -0.2) is 0 Å². The van der Waals surface area contributed by atoms with Crippen LogP contribution in [0, 0.1) is 5.41 Å². The van der Waals surface area contributed by atoms with Crippen LogP contribution in [-0.4, -0.2) is 41.9 Å². The molecule has 1 saturated heterocycles. The van der Waals surface area contributed by atoms with Crippen molar-refractivity contribution >= 4 is 17.5 Å². The van der Waals surface area contributed by atoms with E-state index >= 15 is 0 Å². The second kappa shape index (κ2) is 6.68. The summed E-state index contributed by atoms with van der Waals surface area (Å²) in [7, 11) is 0. The zero-order chi connectivity index (χ0) is 17.2. The Bertz CT molecular complexity index is 583. The molecule has 2 rings (SSSR count). The third-order valence-electron chi connectivity index (χ3n) is 4.71. The van der Waals surface area contributed by atoms with E-state index in [1.54, 1.807) is 24.3 Å². The minimum atomic E-state index is -0.483. The highest BCUT2D eigenvalue weighted by molar-refractivity contribution is 5.96. The Morgan fingerprint density at radius 1 is 1.30 bits per heavy atom. The fraction of sp³-hybridized carbons (Fsp3) is 0.529. The van der Waals surface area contributed by atoms with Crippen LogP contribution >= 0.6 is 0 Å². The molecule has 2 unspecified atom stereocenters. The Kier molecular flexibility index (Phi) is 5.06. The first kappa shape index (κ1) is 17.4. The number of carbonyl (C=O) groups is 2. The van der Waals surface area contributed by atoms with Crippen LogP contribution in [0.2, 0.25) is 0 Å². The van der Waals surface area contributed by atoms with Crippen molar-refractivity contribution in [2.45, 2.75) is 39.3 Å². The van der Waals surface area contributed by atoms with Crippen molar-refractivity contribution < 1.29 is 9.59 Å². The lowest BCUT2D eigenvalue weighted by atomic mass is 9.79. The maximum Gasteiger partial charge on any atom is 0.248 e. The molecule has 0 aromatic heterocycles. The Morgan fingerprint density at radius 3 is 2.43 bits per heavy atom. The number of nitrogens with zero attached hydrogens (tertiary/aromatic N) is 1. The molecule has 0 spiro atoms. The van der Waals surface area contributed by atoms with Gasteiger partial charge in [0, 0.05) is 30.4 Å². The molecular weight excluding hydrogens is 292 g/mol. The lowest BCUT2D eigenvalue weighted by molar-refractivity contribution is -0.122. The van der Waals surface area contributed by atoms with Crippen LogP contribution in [0.25, 0.3) is 0 Å². The molecule has 0 radical (unpaired) electrons. The first-order valence-corrected chi connectivity index (χ1v) is 7.91. The summed E-state index contributed by atoms with van der Waals surface area (Å²) in [5, 5.41) is 2.88. The topological polar surface area (TPSA) is 101 Å². The number of rotatable bonds is 4. The molecule has 0 aliphatic carbocycles. The summed E-state index contributed by atoms with van der Waals surface area (Å²) in [6.07, 6.45) is 0.887. The van der Waals surface area contributed by atoms with Crippen molar-refractivity contribution in [3.05, 3.63) is 29.8 Å². The van der Waals surface area contributed by atoms with Crippen LogP contribution in [0.4, 0.5) is 5.69 Å². The zero-order valence-corrected chi connectivity index (χ0v) is 14.0. The van der Waals surface area contributed by atoms with Crippen molar-refractivity contribution in [1.82, 2.24) is 4.90 Å². The highest BCUT2D eigenvalue weighted by Crippen LogP contribution is 2.29. The summed E-state index contributed by atoms with van der Waals surface area (Å²) < 4.78 is 0. The normalized spacial score (nSPS) is 22.3. The molecule has 126 valence electrons. The summed E-state index contributed by atoms with van der Waals surface area (Å²) in [5.41, 5.74) is 12.4. The second-order valence-electron chi connectivity index (χ2n) is 6.96. The maximum atomic E-state index is 12.4. The number of amides is 2. The SMILES string of the molecule is CC(C(=O)Nc1ccc(C(N)=O)cc1)N1CCC(N)C(C)(C)C1. The number of anilines is 1. The lowest BCUT2D eigenvalue weighted by Gasteiger charge is -2.44. The van der Waals surface area contributed by atoms with E-state index in [0.29, 0.717) is 11.3 Å². The fourth-order valence-corrected chi connectivity index (χ4v) is 2.88. The molecule has 6 heteroatoms. The quantitative estimate of drug-likeness (QED) is 0.775. The van der Waals surface area contributed by atoms with Crippen molar-refractivity contribution in [3.8, 4) is 0 Å². The van der Waals surface area contributed by atoms with E-state index in [4.69, 9.17) is 11.5 Å². The van der Waals surface area contributed by atoms with Crippen molar-refractivity contribution in [1.29, 1.82) is 0 Å². The maximum absolute atomic E-state index is 12.4. The largest absolute Gasteiger partial charge is 0.366 e. The number of carbonyl (C=O) groups excluding carboxylic acids is 2. The lowest BCUT2D eigenvalue weighted by Crippen LogP contribution is -2.56. The molecule has 1 heterocycles. The van der Waals surface area contributed by atoms with Gasteiger partial charge in [-0.15, -0.1) is 0 Å². The number of nitrogens with one attached hydrogen (secondary N) is 1. The monoisotopic (exact) mass is 318 g/mol. The fourth-order valence-electron chi connectivity index (χ4n) is 2.88. The van der Waals surface area contributed by atoms with Gasteiger partial charge in [0.1, 0.15) is 0 Å². The molecular formula is C17H26N4O2. The van der Waals surface area contributed by atoms with Gasteiger partial charge in [-0.2, -0.15) is 0 Å². The molecule has 1 fully saturated rings. The third kappa shape index (κ3) is 4.09. The standard InChI is InChI=1S/C17H26N4O2/c1-11(21-9-8-14(18)17(2,3)10-21)16(23)20-13-6-4-12(5-7-13)15(19)22/h4-7,11,14H,8-10,18H2,1-3H3,(H2,19,22)(H,20,23). The number of piperidine rings is 1. The summed E-state index contributed by atoms with van der Waals surface area (Å²) in [6.45, 7) is 7.79. The van der Waals surface area contributed by atoms with Crippen LogP contribution in [-0.2, 0) is 4.79 Å². The summed E-state index contributed by atoms with van der Waals surface area (Å²) in [5.74, 6) is -0.550. The minimum Gasteiger partial charge on any atom is -0.366 e. The Hall–Kier alpha value is -1.92. The molecule has 2 amide bonds. The van der Waals surface area contributed by atoms with Gasteiger partial charge in [0.05, 0.1) is 6.04 Å². The van der Waals surface area contributed by atoms with Crippen molar-refractivity contribution in [2.24, 2.45) is 16.9 Å². The molecule has 1 aliphatic rings. The molecule has 0 bridgehead atoms. The Balaban J connectivity index is 1.98. The Morgan fingerprint density at radius 2 is 1.91 bits per heavy atom. The van der Waals surface area contributed by atoms with Gasteiger partial charge in [0.15, 0.2) is 0 Å². The van der Waals surface area contributed by atoms with Crippen LogP contribution in [0.3, 0.4) is 0 Å². The summed E-state index contributed by atoms with van der Waals surface area (Å²) >= 11 is 0. The van der Waals surface area contributed by atoms with Gasteiger partial charge < -0.3 is 16.8 Å². The highest BCUT2D eigenvalue weighted by Gasteiger charge is 2.36. The van der Waals surface area contributed by atoms with Crippen LogP contribution in [0.15, 0.2) is 24.3 Å². The average Bonchev–Trinajstić information content (AvgIpc) is 2.49. The van der Waals surface area contributed by atoms with Crippen LogP contribution < -0.4 is 16.8 Å². The predicted molar refractivity (Wildman–Crippen MR) is 91.0 cm³/mol. The number of benzene rings is 1. The second-order valence-corrected chi connectivity index (χ2v) is 6.96. The van der Waals surface area contributed by atoms with Crippen molar-refractivity contribution in [3.63, 3.8) is 0 Å². The Labute approximate surface area is 137 Å². The summed E-state index contributed by atoms with van der Waals surface area (Å²) in [6, 6.07) is 6.49. The smallest absolute Gasteiger partial charge is 0.248 e. The number of hydrogen-bond donors (Lipinski definition) is 3. The molecule has 1 aromatic carbocycles. The van der Waals surface area contributed by atoms with E-state index in [9.17, 15) is 9.59 Å². The van der Waals surface area contributed by atoms with Gasteiger partial charge in [-0.1, -0.05) is 13.8 Å². The number of likely N-dealkylation sites (tertiary alicyclic amines) is 1. The molecule has 1 aromatic rings. The van der Waals surface area contributed by atoms with E-state index in [0.717, 1.165) is 19.5 Å². The zero-order valence-electron chi connectivity index (χ0n) is 14.0. The molecule has 1 aliphatic heterocycles. The first-order chi connectivity index (χ1) is 10.7. The average molecular weight is 318 g/mol. The predicted octanol–water partition coefficient (Wildman–Crippen LogP) is 1.17. The molecule has 5 N–H and O–H groups in total. The summed E-state index contributed by atoms with van der Waals surface area (Å²) in [4.78, 5) is 25.7. The van der Waals surface area contributed by atoms with E-state index in [1.165, 1.54) is 0 Å². The third-order valence-corrected chi connectivity index (χ3v) is 4.71. The van der Waals surface area contributed by atoms with Gasteiger partial charge >= 0.3 is 0 Å².